The molecule has 0 bridgehead atoms. The summed E-state index contributed by atoms with van der Waals surface area (Å²) in [5.41, 5.74) is -4.25. The molecule has 0 aliphatic heterocycles. The number of hydrogen-bond acceptors (Lipinski definition) is 3. The van der Waals surface area contributed by atoms with Gasteiger partial charge in [0.2, 0.25) is 5.54 Å². The first kappa shape index (κ1) is 16.2. The third kappa shape index (κ3) is 2.98. The van der Waals surface area contributed by atoms with Crippen molar-refractivity contribution in [3.63, 3.8) is 0 Å². The molecule has 1 aromatic heterocycles. The highest BCUT2D eigenvalue weighted by Gasteiger charge is 2.58. The zero-order chi connectivity index (χ0) is 15.7. The van der Waals surface area contributed by atoms with Crippen molar-refractivity contribution in [2.45, 2.75) is 18.6 Å². The lowest BCUT2D eigenvalue weighted by molar-refractivity contribution is -0.203. The molecule has 0 aliphatic carbocycles. The molecule has 110 valence electrons. The van der Waals surface area contributed by atoms with Crippen LogP contribution in [0.15, 0.2) is 12.3 Å². The third-order valence-corrected chi connectivity index (χ3v) is 2.71. The second-order valence-electron chi connectivity index (χ2n) is 3.87. The minimum Gasteiger partial charge on any atom is -0.479 e. The van der Waals surface area contributed by atoms with E-state index in [0.29, 0.717) is 12.3 Å². The van der Waals surface area contributed by atoms with Gasteiger partial charge in [-0.25, -0.2) is 14.2 Å². The molecular formula is C10H7ClF4N2O3. The molecule has 0 radical (unpaired) electrons. The summed E-state index contributed by atoms with van der Waals surface area (Å²) < 4.78 is 51.0. The Morgan fingerprint density at radius 2 is 1.95 bits per heavy atom. The Labute approximate surface area is 114 Å². The van der Waals surface area contributed by atoms with Gasteiger partial charge in [-0.3, -0.25) is 4.79 Å². The molecule has 0 fully saturated rings. The van der Waals surface area contributed by atoms with Crippen molar-refractivity contribution in [3.05, 3.63) is 28.8 Å². The summed E-state index contributed by atoms with van der Waals surface area (Å²) in [6.07, 6.45) is -4.61. The fourth-order valence-electron chi connectivity index (χ4n) is 1.12. The Hall–Kier alpha value is -1.90. The third-order valence-electron chi connectivity index (χ3n) is 2.41. The molecule has 0 spiro atoms. The van der Waals surface area contributed by atoms with Crippen molar-refractivity contribution in [1.82, 2.24) is 10.3 Å². The van der Waals surface area contributed by atoms with Crippen LogP contribution >= 0.6 is 11.6 Å². The van der Waals surface area contributed by atoms with E-state index in [-0.39, 0.29) is 6.92 Å². The standard InChI is InChI=1S/C10H7ClF4N2O3/c1-9(8(19)20,10(13,14)15)17-7(18)5-2-4(12)3-16-6(5)11/h2-3H,1H3,(H,17,18)(H,19,20). The van der Waals surface area contributed by atoms with E-state index in [1.54, 1.807) is 0 Å². The molecular weight excluding hydrogens is 308 g/mol. The summed E-state index contributed by atoms with van der Waals surface area (Å²) in [6.45, 7) is 0.258. The molecule has 1 amide bonds. The van der Waals surface area contributed by atoms with Crippen LogP contribution in [0.2, 0.25) is 5.15 Å². The van der Waals surface area contributed by atoms with E-state index >= 15 is 0 Å². The normalized spacial score (nSPS) is 14.5. The van der Waals surface area contributed by atoms with Gasteiger partial charge in [-0.05, 0) is 13.0 Å². The Bertz CT molecular complexity index is 564. The number of carboxylic acid groups (broad SMARTS) is 1. The van der Waals surface area contributed by atoms with Crippen molar-refractivity contribution >= 4 is 23.5 Å². The fourth-order valence-corrected chi connectivity index (χ4v) is 1.31. The molecule has 10 heteroatoms. The molecule has 0 aliphatic rings. The predicted octanol–water partition coefficient (Wildman–Crippen LogP) is 2.01. The maximum atomic E-state index is 12.9. The molecule has 5 nitrogen and oxygen atoms in total. The maximum Gasteiger partial charge on any atom is 0.422 e. The first-order valence-electron chi connectivity index (χ1n) is 4.92. The fraction of sp³-hybridized carbons (Fsp3) is 0.300. The molecule has 1 aromatic rings. The van der Waals surface area contributed by atoms with Crippen LogP contribution in [0.5, 0.6) is 0 Å². The van der Waals surface area contributed by atoms with E-state index in [9.17, 15) is 27.2 Å². The van der Waals surface area contributed by atoms with E-state index in [1.807, 2.05) is 0 Å². The quantitative estimate of drug-likeness (QED) is 0.661. The summed E-state index contributed by atoms with van der Waals surface area (Å²) in [7, 11) is 0. The van der Waals surface area contributed by atoms with Gasteiger partial charge in [0.15, 0.2) is 0 Å². The number of carbonyl (C=O) groups excluding carboxylic acids is 1. The topological polar surface area (TPSA) is 79.3 Å². The van der Waals surface area contributed by atoms with E-state index < -0.39 is 40.1 Å². The minimum absolute atomic E-state index is 0.258. The van der Waals surface area contributed by atoms with E-state index in [2.05, 4.69) is 4.98 Å². The highest BCUT2D eigenvalue weighted by molar-refractivity contribution is 6.32. The van der Waals surface area contributed by atoms with Crippen molar-refractivity contribution in [2.24, 2.45) is 0 Å². The molecule has 20 heavy (non-hydrogen) atoms. The number of aromatic nitrogens is 1. The number of rotatable bonds is 3. The monoisotopic (exact) mass is 314 g/mol. The van der Waals surface area contributed by atoms with Gasteiger partial charge in [-0.1, -0.05) is 11.6 Å². The predicted molar refractivity (Wildman–Crippen MR) is 58.8 cm³/mol. The molecule has 0 saturated heterocycles. The summed E-state index contributed by atoms with van der Waals surface area (Å²) in [5.74, 6) is -4.84. The summed E-state index contributed by atoms with van der Waals surface area (Å²) >= 11 is 5.45. The Balaban J connectivity index is 3.16. The molecule has 1 unspecified atom stereocenters. The second kappa shape index (κ2) is 5.23. The largest absolute Gasteiger partial charge is 0.479 e. The van der Waals surface area contributed by atoms with Gasteiger partial charge in [0, 0.05) is 0 Å². The number of pyridine rings is 1. The number of carboxylic acids is 1. The number of hydrogen-bond donors (Lipinski definition) is 2. The Kier molecular flexibility index (Phi) is 4.23. The average Bonchev–Trinajstić information content (AvgIpc) is 2.30. The molecule has 1 atom stereocenters. The molecule has 1 rings (SSSR count). The van der Waals surface area contributed by atoms with Gasteiger partial charge in [0.25, 0.3) is 5.91 Å². The van der Waals surface area contributed by atoms with Gasteiger partial charge in [0.05, 0.1) is 11.8 Å². The average molecular weight is 315 g/mol. The van der Waals surface area contributed by atoms with Crippen molar-refractivity contribution in [1.29, 1.82) is 0 Å². The summed E-state index contributed by atoms with van der Waals surface area (Å²) in [5, 5.41) is 9.34. The van der Waals surface area contributed by atoms with Crippen molar-refractivity contribution in [2.75, 3.05) is 0 Å². The van der Waals surface area contributed by atoms with Crippen LogP contribution in [-0.4, -0.2) is 33.7 Å². The highest BCUT2D eigenvalue weighted by Crippen LogP contribution is 2.31. The van der Waals surface area contributed by atoms with Gasteiger partial charge >= 0.3 is 12.1 Å². The van der Waals surface area contributed by atoms with Crippen LogP contribution in [0.1, 0.15) is 17.3 Å². The minimum atomic E-state index is -5.26. The molecule has 0 aromatic carbocycles. The van der Waals surface area contributed by atoms with Crippen LogP contribution in [0.25, 0.3) is 0 Å². The number of amides is 1. The highest BCUT2D eigenvalue weighted by atomic mass is 35.5. The zero-order valence-electron chi connectivity index (χ0n) is 9.76. The number of carbonyl (C=O) groups is 2. The zero-order valence-corrected chi connectivity index (χ0v) is 10.5. The smallest absolute Gasteiger partial charge is 0.422 e. The van der Waals surface area contributed by atoms with Crippen molar-refractivity contribution in [3.8, 4) is 0 Å². The molecule has 0 saturated carbocycles. The van der Waals surface area contributed by atoms with Crippen LogP contribution in [0.4, 0.5) is 17.6 Å². The SMILES string of the molecule is CC(NC(=O)c1cc(F)cnc1Cl)(C(=O)O)C(F)(F)F. The number of alkyl halides is 3. The lowest BCUT2D eigenvalue weighted by atomic mass is 10.0. The Morgan fingerprint density at radius 3 is 2.40 bits per heavy atom. The van der Waals surface area contributed by atoms with E-state index in [4.69, 9.17) is 16.7 Å². The number of nitrogens with one attached hydrogen (secondary N) is 1. The number of nitrogens with zero attached hydrogens (tertiary/aromatic N) is 1. The second-order valence-corrected chi connectivity index (χ2v) is 4.23. The lowest BCUT2D eigenvalue weighted by Crippen LogP contribution is -2.61. The van der Waals surface area contributed by atoms with Crippen LogP contribution in [-0.2, 0) is 4.79 Å². The summed E-state index contributed by atoms with van der Waals surface area (Å²) in [6, 6.07) is 0.545. The summed E-state index contributed by atoms with van der Waals surface area (Å²) in [4.78, 5) is 25.6. The van der Waals surface area contributed by atoms with E-state index in [1.165, 1.54) is 5.32 Å². The number of aliphatic carboxylic acids is 1. The van der Waals surface area contributed by atoms with Crippen LogP contribution in [0.3, 0.4) is 0 Å². The van der Waals surface area contributed by atoms with Crippen LogP contribution in [0, 0.1) is 5.82 Å². The van der Waals surface area contributed by atoms with Gasteiger partial charge in [-0.2, -0.15) is 13.2 Å². The first-order chi connectivity index (χ1) is 8.99. The molecule has 1 heterocycles. The molecule has 2 N–H and O–H groups in total. The first-order valence-corrected chi connectivity index (χ1v) is 5.30. The maximum absolute atomic E-state index is 12.9. The number of halogens is 5. The van der Waals surface area contributed by atoms with Gasteiger partial charge < -0.3 is 10.4 Å². The van der Waals surface area contributed by atoms with Gasteiger partial charge in [-0.15, -0.1) is 0 Å². The lowest BCUT2D eigenvalue weighted by Gasteiger charge is -2.28. The van der Waals surface area contributed by atoms with Crippen molar-refractivity contribution < 1.29 is 32.3 Å². The van der Waals surface area contributed by atoms with E-state index in [0.717, 1.165) is 0 Å². The van der Waals surface area contributed by atoms with Gasteiger partial charge in [0.1, 0.15) is 11.0 Å². The van der Waals surface area contributed by atoms with Crippen LogP contribution < -0.4 is 5.32 Å². The Morgan fingerprint density at radius 1 is 1.40 bits per heavy atom.